The molecule has 3 rings (SSSR count). The molecule has 0 radical (unpaired) electrons. The van der Waals surface area contributed by atoms with E-state index in [0.717, 1.165) is 16.6 Å². The number of nitrogens with one attached hydrogen (secondary N) is 1. The van der Waals surface area contributed by atoms with Crippen molar-refractivity contribution in [2.75, 3.05) is 0 Å². The molecule has 4 nitrogen and oxygen atoms in total. The molecular weight excluding hydrogens is 259 g/mol. The van der Waals surface area contributed by atoms with E-state index in [9.17, 15) is 0 Å². The fourth-order valence-electron chi connectivity index (χ4n) is 1.69. The zero-order valence-electron chi connectivity index (χ0n) is 8.48. The van der Waals surface area contributed by atoms with Crippen LogP contribution in [0.15, 0.2) is 30.7 Å². The zero-order valence-corrected chi connectivity index (χ0v) is 10.00. The first-order chi connectivity index (χ1) is 8.25. The summed E-state index contributed by atoms with van der Waals surface area (Å²) in [6.45, 7) is 0. The molecule has 17 heavy (non-hydrogen) atoms. The van der Waals surface area contributed by atoms with Gasteiger partial charge >= 0.3 is 0 Å². The fourth-order valence-corrected chi connectivity index (χ4v) is 2.01. The zero-order chi connectivity index (χ0) is 11.8. The van der Waals surface area contributed by atoms with Gasteiger partial charge in [-0.15, -0.1) is 0 Å². The Hall–Kier alpha value is -1.65. The van der Waals surface area contributed by atoms with Crippen molar-refractivity contribution in [3.05, 3.63) is 41.0 Å². The van der Waals surface area contributed by atoms with Gasteiger partial charge in [0.25, 0.3) is 0 Å². The van der Waals surface area contributed by atoms with Crippen molar-refractivity contribution in [3.63, 3.8) is 0 Å². The lowest BCUT2D eigenvalue weighted by Crippen LogP contribution is -1.88. The molecule has 0 atom stereocenters. The summed E-state index contributed by atoms with van der Waals surface area (Å²) in [5.41, 5.74) is 2.25. The third kappa shape index (κ3) is 1.75. The number of rotatable bonds is 1. The molecule has 0 unspecified atom stereocenters. The topological polar surface area (TPSA) is 54.5 Å². The number of nitrogens with zero attached hydrogens (tertiary/aromatic N) is 3. The molecule has 0 bridgehead atoms. The van der Waals surface area contributed by atoms with Crippen molar-refractivity contribution in [2.45, 2.75) is 0 Å². The highest BCUT2D eigenvalue weighted by Gasteiger charge is 2.12. The minimum atomic E-state index is 0.169. The number of aromatic nitrogens is 4. The lowest BCUT2D eigenvalue weighted by Gasteiger charge is -2.01. The number of hydrogen-bond donors (Lipinski definition) is 1. The van der Waals surface area contributed by atoms with Gasteiger partial charge in [-0.1, -0.05) is 11.6 Å². The quantitative estimate of drug-likeness (QED) is 0.686. The molecule has 0 fully saturated rings. The van der Waals surface area contributed by atoms with Crippen LogP contribution in [0.2, 0.25) is 10.3 Å². The highest BCUT2D eigenvalue weighted by atomic mass is 35.5. The van der Waals surface area contributed by atoms with Gasteiger partial charge in [0, 0.05) is 23.3 Å². The third-order valence-corrected chi connectivity index (χ3v) is 2.88. The molecule has 0 aromatic carbocycles. The Balaban J connectivity index is 2.31. The summed E-state index contributed by atoms with van der Waals surface area (Å²) in [4.78, 5) is 15.2. The average molecular weight is 265 g/mol. The number of hydrogen-bond acceptors (Lipinski definition) is 3. The Morgan fingerprint density at radius 3 is 2.94 bits per heavy atom. The molecule has 3 aromatic heterocycles. The Morgan fingerprint density at radius 2 is 2.06 bits per heavy atom. The van der Waals surface area contributed by atoms with E-state index in [1.807, 2.05) is 18.3 Å². The normalized spacial score (nSPS) is 10.9. The van der Waals surface area contributed by atoms with E-state index < -0.39 is 0 Å². The van der Waals surface area contributed by atoms with Crippen LogP contribution in [-0.2, 0) is 0 Å². The molecule has 0 spiro atoms. The largest absolute Gasteiger partial charge is 0.345 e. The first kappa shape index (κ1) is 10.5. The summed E-state index contributed by atoms with van der Waals surface area (Å²) in [6.07, 6.45) is 5.01. The molecule has 3 aromatic rings. The summed E-state index contributed by atoms with van der Waals surface area (Å²) >= 11 is 11.8. The van der Waals surface area contributed by atoms with Crippen LogP contribution in [-0.4, -0.2) is 19.9 Å². The Kier molecular flexibility index (Phi) is 2.46. The molecule has 0 aliphatic carbocycles. The molecule has 0 saturated carbocycles. The van der Waals surface area contributed by atoms with Crippen molar-refractivity contribution in [2.24, 2.45) is 0 Å². The van der Waals surface area contributed by atoms with Gasteiger partial charge in [-0.05, 0) is 23.7 Å². The molecule has 0 saturated heterocycles. The Morgan fingerprint density at radius 1 is 1.18 bits per heavy atom. The van der Waals surface area contributed by atoms with Gasteiger partial charge in [-0.25, -0.2) is 15.0 Å². The number of pyridine rings is 1. The third-order valence-electron chi connectivity index (χ3n) is 2.42. The fraction of sp³-hybridized carbons (Fsp3) is 0. The lowest BCUT2D eigenvalue weighted by molar-refractivity contribution is 1.17. The van der Waals surface area contributed by atoms with E-state index in [1.165, 1.54) is 6.20 Å². The first-order valence-corrected chi connectivity index (χ1v) is 5.62. The van der Waals surface area contributed by atoms with Gasteiger partial charge in [0.1, 0.15) is 5.65 Å². The van der Waals surface area contributed by atoms with E-state index >= 15 is 0 Å². The maximum Gasteiger partial charge on any atom is 0.222 e. The standard InChI is InChI=1S/C11H6Cl2N4/c12-8-5-16-11(13)17-9(8)7-4-15-10-6(7)2-1-3-14-10/h1-5H,(H,14,15). The number of fused-ring (bicyclic) bond motifs is 1. The van der Waals surface area contributed by atoms with Crippen LogP contribution in [0.5, 0.6) is 0 Å². The predicted molar refractivity (Wildman–Crippen MR) is 67.1 cm³/mol. The predicted octanol–water partition coefficient (Wildman–Crippen LogP) is 3.33. The van der Waals surface area contributed by atoms with Crippen molar-refractivity contribution in [1.82, 2.24) is 19.9 Å². The average Bonchev–Trinajstić information content (AvgIpc) is 2.76. The molecular formula is C11H6Cl2N4. The summed E-state index contributed by atoms with van der Waals surface area (Å²) < 4.78 is 0. The monoisotopic (exact) mass is 264 g/mol. The molecule has 3 heterocycles. The molecule has 0 aliphatic rings. The number of halogens is 2. The second kappa shape index (κ2) is 3.98. The lowest BCUT2D eigenvalue weighted by atomic mass is 10.1. The van der Waals surface area contributed by atoms with Crippen molar-refractivity contribution in [1.29, 1.82) is 0 Å². The van der Waals surface area contributed by atoms with Gasteiger partial charge in [0.15, 0.2) is 0 Å². The summed E-state index contributed by atoms with van der Waals surface area (Å²) in [7, 11) is 0. The molecule has 1 N–H and O–H groups in total. The van der Waals surface area contributed by atoms with Crippen LogP contribution >= 0.6 is 23.2 Å². The Labute approximate surface area is 107 Å². The van der Waals surface area contributed by atoms with Gasteiger partial charge in [-0.2, -0.15) is 0 Å². The second-order valence-electron chi connectivity index (χ2n) is 3.44. The van der Waals surface area contributed by atoms with E-state index in [2.05, 4.69) is 19.9 Å². The van der Waals surface area contributed by atoms with Gasteiger partial charge in [-0.3, -0.25) is 0 Å². The Bertz CT molecular complexity index is 693. The van der Waals surface area contributed by atoms with Gasteiger partial charge in [0.05, 0.1) is 16.9 Å². The highest BCUT2D eigenvalue weighted by molar-refractivity contribution is 6.34. The molecule has 0 aliphatic heterocycles. The van der Waals surface area contributed by atoms with Crippen molar-refractivity contribution >= 4 is 34.2 Å². The van der Waals surface area contributed by atoms with E-state index in [4.69, 9.17) is 23.2 Å². The van der Waals surface area contributed by atoms with E-state index in [-0.39, 0.29) is 5.28 Å². The second-order valence-corrected chi connectivity index (χ2v) is 4.18. The minimum absolute atomic E-state index is 0.169. The van der Waals surface area contributed by atoms with E-state index in [1.54, 1.807) is 6.20 Å². The summed E-state index contributed by atoms with van der Waals surface area (Å²) in [5, 5.41) is 1.57. The van der Waals surface area contributed by atoms with Gasteiger partial charge in [0.2, 0.25) is 5.28 Å². The minimum Gasteiger partial charge on any atom is -0.345 e. The maximum atomic E-state index is 6.07. The molecule has 84 valence electrons. The SMILES string of the molecule is Clc1ncc(Cl)c(-c2c[nH]c3ncccc23)n1. The van der Waals surface area contributed by atoms with Crippen molar-refractivity contribution < 1.29 is 0 Å². The van der Waals surface area contributed by atoms with E-state index in [0.29, 0.717) is 10.7 Å². The highest BCUT2D eigenvalue weighted by Crippen LogP contribution is 2.31. The van der Waals surface area contributed by atoms with Crippen LogP contribution in [0.3, 0.4) is 0 Å². The maximum absolute atomic E-state index is 6.07. The van der Waals surface area contributed by atoms with Gasteiger partial charge < -0.3 is 4.98 Å². The van der Waals surface area contributed by atoms with Crippen LogP contribution in [0, 0.1) is 0 Å². The first-order valence-electron chi connectivity index (χ1n) is 4.86. The van der Waals surface area contributed by atoms with Crippen LogP contribution in [0.25, 0.3) is 22.3 Å². The molecule has 6 heteroatoms. The van der Waals surface area contributed by atoms with Crippen molar-refractivity contribution in [3.8, 4) is 11.3 Å². The summed E-state index contributed by atoms with van der Waals surface area (Å²) in [5.74, 6) is 0. The van der Waals surface area contributed by atoms with Crippen LogP contribution < -0.4 is 0 Å². The summed E-state index contributed by atoms with van der Waals surface area (Å²) in [6, 6.07) is 3.80. The van der Waals surface area contributed by atoms with Crippen LogP contribution in [0.4, 0.5) is 0 Å². The smallest absolute Gasteiger partial charge is 0.222 e. The number of H-pyrrole nitrogens is 1. The molecule has 0 amide bonds. The van der Waals surface area contributed by atoms with Crippen LogP contribution in [0.1, 0.15) is 0 Å². The number of aromatic amines is 1.